The summed E-state index contributed by atoms with van der Waals surface area (Å²) in [6.45, 7) is 0. The number of halogens is 5. The van der Waals surface area contributed by atoms with Gasteiger partial charge in [0.1, 0.15) is 11.6 Å². The Morgan fingerprint density at radius 3 is 1.10 bits per heavy atom. The van der Waals surface area contributed by atoms with E-state index in [0.29, 0.717) is 22.1 Å². The fourth-order valence-corrected chi connectivity index (χ4v) is 11.4. The summed E-state index contributed by atoms with van der Waals surface area (Å²) in [6.07, 6.45) is -4.86. The number of rotatable bonds is 5. The lowest BCUT2D eigenvalue weighted by atomic mass is 9.97. The van der Waals surface area contributed by atoms with Crippen LogP contribution >= 0.6 is 0 Å². The van der Waals surface area contributed by atoms with Crippen molar-refractivity contribution in [2.45, 2.75) is 6.18 Å². The quantitative estimate of drug-likeness (QED) is 0.153. The van der Waals surface area contributed by atoms with E-state index in [1.807, 2.05) is 179 Å². The van der Waals surface area contributed by atoms with Crippen LogP contribution in [0.5, 0.6) is 0 Å². The van der Waals surface area contributed by atoms with Crippen molar-refractivity contribution in [2.75, 3.05) is 0 Å². The van der Waals surface area contributed by atoms with Gasteiger partial charge in [-0.05, 0) is 90.5 Å². The normalized spacial score (nSPS) is 12.4. The van der Waals surface area contributed by atoms with Crippen molar-refractivity contribution in [3.8, 4) is 33.9 Å². The minimum absolute atomic E-state index is 0.0749. The summed E-state index contributed by atoms with van der Waals surface area (Å²) in [4.78, 5) is 0. The molecule has 0 unspecified atom stereocenters. The van der Waals surface area contributed by atoms with Gasteiger partial charge in [0.25, 0.3) is 0 Å². The first-order valence-electron chi connectivity index (χ1n) is 23.0. The van der Waals surface area contributed by atoms with Crippen molar-refractivity contribution in [2.24, 2.45) is 0 Å². The van der Waals surface area contributed by atoms with Gasteiger partial charge >= 0.3 is 6.18 Å². The highest BCUT2D eigenvalue weighted by Gasteiger charge is 2.35. The van der Waals surface area contributed by atoms with E-state index in [2.05, 4.69) is 21.3 Å². The summed E-state index contributed by atoms with van der Waals surface area (Å²) >= 11 is 0. The highest BCUT2D eigenvalue weighted by atomic mass is 19.4. The predicted octanol–water partition coefficient (Wildman–Crippen LogP) is 17.0. The largest absolute Gasteiger partial charge is 0.416 e. The summed E-state index contributed by atoms with van der Waals surface area (Å²) in [5.41, 5.74) is 7.48. The Labute approximate surface area is 395 Å². The van der Waals surface area contributed by atoms with Crippen molar-refractivity contribution in [3.63, 3.8) is 0 Å². The molecule has 0 N–H and O–H groups in total. The van der Waals surface area contributed by atoms with Crippen LogP contribution in [0.3, 0.4) is 0 Å². The lowest BCUT2D eigenvalue weighted by molar-refractivity contribution is -0.137. The fourth-order valence-electron chi connectivity index (χ4n) is 11.4. The van der Waals surface area contributed by atoms with Crippen LogP contribution in [0.4, 0.5) is 22.0 Å². The maximum atomic E-state index is 16.1. The second kappa shape index (κ2) is 14.8. The molecule has 14 rings (SSSR count). The third kappa shape index (κ3) is 5.69. The molecule has 9 heteroatoms. The highest BCUT2D eigenvalue weighted by Crippen LogP contribution is 2.49. The maximum absolute atomic E-state index is 16.1. The molecular formula is C61H35F5N4. The molecule has 334 valence electrons. The molecule has 14 aromatic rings. The molecule has 0 aliphatic heterocycles. The van der Waals surface area contributed by atoms with Gasteiger partial charge < -0.3 is 18.3 Å². The van der Waals surface area contributed by atoms with Crippen LogP contribution in [0.15, 0.2) is 212 Å². The number of hydrogen-bond acceptors (Lipinski definition) is 0. The van der Waals surface area contributed by atoms with Crippen molar-refractivity contribution in [1.29, 1.82) is 0 Å². The van der Waals surface area contributed by atoms with E-state index in [0.717, 1.165) is 94.7 Å². The van der Waals surface area contributed by atoms with Crippen molar-refractivity contribution < 1.29 is 22.0 Å². The van der Waals surface area contributed by atoms with Gasteiger partial charge in [0, 0.05) is 66.1 Å². The van der Waals surface area contributed by atoms with E-state index in [1.54, 1.807) is 0 Å². The highest BCUT2D eigenvalue weighted by molar-refractivity contribution is 6.28. The topological polar surface area (TPSA) is 19.7 Å². The molecule has 0 saturated heterocycles. The Morgan fingerprint density at radius 2 is 0.686 bits per heavy atom. The standard InChI is InChI=1S/C61H35F5N4/c62-38-31-36(32-39(63)35-38)56-54(69-48-23-11-7-19-42(48)44-27-29-52-57(59(44)69)46-21-9-13-25-50(46)67(52)40-15-3-1-4-16-40)33-37(61(64,65)66)34-55(56)70-49-24-12-8-20-43(49)45-28-30-53-58(60(45)70)47-22-10-14-26-51(47)68(53)41-17-5-2-6-18-41/h1-35H. The molecule has 0 aliphatic rings. The van der Waals surface area contributed by atoms with Crippen LogP contribution < -0.4 is 0 Å². The minimum atomic E-state index is -4.86. The number of benzene rings is 10. The molecule has 0 radical (unpaired) electrons. The monoisotopic (exact) mass is 918 g/mol. The molecule has 0 spiro atoms. The van der Waals surface area contributed by atoms with Crippen molar-refractivity contribution >= 4 is 87.2 Å². The second-order valence-corrected chi connectivity index (χ2v) is 17.8. The van der Waals surface area contributed by atoms with Gasteiger partial charge in [0.15, 0.2) is 0 Å². The first kappa shape index (κ1) is 40.1. The number of nitrogens with zero attached hydrogens (tertiary/aromatic N) is 4. The van der Waals surface area contributed by atoms with Crippen LogP contribution in [-0.2, 0) is 6.18 Å². The van der Waals surface area contributed by atoms with Crippen molar-refractivity contribution in [3.05, 3.63) is 230 Å². The first-order chi connectivity index (χ1) is 34.2. The van der Waals surface area contributed by atoms with Gasteiger partial charge in [-0.25, -0.2) is 8.78 Å². The molecule has 4 nitrogen and oxygen atoms in total. The van der Waals surface area contributed by atoms with E-state index < -0.39 is 23.4 Å². The lowest BCUT2D eigenvalue weighted by Gasteiger charge is -2.23. The zero-order valence-corrected chi connectivity index (χ0v) is 36.9. The van der Waals surface area contributed by atoms with Gasteiger partial charge in [0.05, 0.1) is 61.1 Å². The van der Waals surface area contributed by atoms with Gasteiger partial charge in [-0.2, -0.15) is 13.2 Å². The van der Waals surface area contributed by atoms with Crippen LogP contribution in [0.25, 0.3) is 121 Å². The fraction of sp³-hybridized carbons (Fsp3) is 0.0164. The van der Waals surface area contributed by atoms with Gasteiger partial charge in [0.2, 0.25) is 0 Å². The molecule has 0 fully saturated rings. The number of alkyl halides is 3. The summed E-state index contributed by atoms with van der Waals surface area (Å²) in [6, 6.07) is 65.0. The average Bonchev–Trinajstić information content (AvgIpc) is 4.11. The Kier molecular flexibility index (Phi) is 8.47. The smallest absolute Gasteiger partial charge is 0.309 e. The Hall–Kier alpha value is -8.95. The predicted molar refractivity (Wildman–Crippen MR) is 274 cm³/mol. The summed E-state index contributed by atoms with van der Waals surface area (Å²) in [7, 11) is 0. The summed E-state index contributed by atoms with van der Waals surface area (Å²) < 4.78 is 88.4. The zero-order valence-electron chi connectivity index (χ0n) is 36.9. The van der Waals surface area contributed by atoms with E-state index in [1.165, 1.54) is 12.1 Å². The van der Waals surface area contributed by atoms with Crippen LogP contribution in [0.2, 0.25) is 0 Å². The number of para-hydroxylation sites is 6. The maximum Gasteiger partial charge on any atom is 0.416 e. The molecule has 10 aromatic carbocycles. The summed E-state index contributed by atoms with van der Waals surface area (Å²) in [5, 5.41) is 6.63. The zero-order chi connectivity index (χ0) is 47.0. The number of fused-ring (bicyclic) bond motifs is 14. The molecule has 4 aromatic heterocycles. The number of hydrogen-bond donors (Lipinski definition) is 0. The summed E-state index contributed by atoms with van der Waals surface area (Å²) in [5.74, 6) is -1.73. The third-order valence-electron chi connectivity index (χ3n) is 14.0. The van der Waals surface area contributed by atoms with E-state index in [-0.39, 0.29) is 22.5 Å². The molecule has 0 saturated carbocycles. The minimum Gasteiger partial charge on any atom is -0.309 e. The average molecular weight is 919 g/mol. The van der Waals surface area contributed by atoms with Gasteiger partial charge in [-0.15, -0.1) is 0 Å². The van der Waals surface area contributed by atoms with E-state index in [4.69, 9.17) is 0 Å². The second-order valence-electron chi connectivity index (χ2n) is 17.8. The third-order valence-corrected chi connectivity index (χ3v) is 14.0. The Bertz CT molecular complexity index is 4210. The molecule has 0 atom stereocenters. The number of aromatic nitrogens is 4. The Morgan fingerprint density at radius 1 is 0.314 bits per heavy atom. The first-order valence-corrected chi connectivity index (χ1v) is 23.0. The SMILES string of the molecule is Fc1cc(F)cc(-c2c(-n3c4ccccc4c4ccc5c(c6ccccc6n5-c5ccccc5)c43)cc(C(F)(F)F)cc2-n2c3ccccc3c3ccc4c(c5ccccc5n4-c4ccccc4)c32)c1. The van der Waals surface area contributed by atoms with Gasteiger partial charge in [-0.1, -0.05) is 121 Å². The van der Waals surface area contributed by atoms with Crippen LogP contribution in [-0.4, -0.2) is 18.3 Å². The molecular weight excluding hydrogens is 884 g/mol. The lowest BCUT2D eigenvalue weighted by Crippen LogP contribution is -2.11. The van der Waals surface area contributed by atoms with Crippen LogP contribution in [0.1, 0.15) is 5.56 Å². The van der Waals surface area contributed by atoms with E-state index >= 15 is 22.0 Å². The molecule has 4 heterocycles. The van der Waals surface area contributed by atoms with E-state index in [9.17, 15) is 0 Å². The Balaban J connectivity index is 1.23. The molecule has 0 amide bonds. The molecule has 70 heavy (non-hydrogen) atoms. The van der Waals surface area contributed by atoms with Gasteiger partial charge in [-0.3, -0.25) is 0 Å². The molecule has 0 bridgehead atoms. The molecule has 0 aliphatic carbocycles. The van der Waals surface area contributed by atoms with Crippen molar-refractivity contribution in [1.82, 2.24) is 18.3 Å². The van der Waals surface area contributed by atoms with Crippen LogP contribution in [0, 0.1) is 11.6 Å².